The van der Waals surface area contributed by atoms with Crippen molar-refractivity contribution in [1.29, 1.82) is 0 Å². The van der Waals surface area contributed by atoms with E-state index < -0.39 is 6.61 Å². The lowest BCUT2D eigenvalue weighted by Crippen LogP contribution is -2.31. The van der Waals surface area contributed by atoms with E-state index in [1.165, 1.54) is 0 Å². The highest BCUT2D eigenvalue weighted by atomic mass is 16.3. The lowest BCUT2D eigenvalue weighted by atomic mass is 10.0. The normalized spacial score (nSPS) is 17.1. The molecule has 0 saturated heterocycles. The minimum absolute atomic E-state index is 0.0749. The molecule has 1 amide bonds. The van der Waals surface area contributed by atoms with Crippen LogP contribution in [0.15, 0.2) is 30.3 Å². The minimum Gasteiger partial charge on any atom is -0.387 e. The molecule has 1 saturated carbocycles. The van der Waals surface area contributed by atoms with Gasteiger partial charge < -0.3 is 10.4 Å². The van der Waals surface area contributed by atoms with Crippen LogP contribution < -0.4 is 5.32 Å². The van der Waals surface area contributed by atoms with Gasteiger partial charge in [0.1, 0.15) is 6.61 Å². The van der Waals surface area contributed by atoms with Crippen molar-refractivity contribution in [1.82, 2.24) is 5.32 Å². The number of carbonyl (C=O) groups excluding carboxylic acids is 1. The van der Waals surface area contributed by atoms with Gasteiger partial charge in [0.2, 0.25) is 5.91 Å². The molecule has 0 spiro atoms. The maximum Gasteiger partial charge on any atom is 0.246 e. The van der Waals surface area contributed by atoms with Crippen molar-refractivity contribution in [3.8, 4) is 0 Å². The predicted molar refractivity (Wildman–Crippen MR) is 57.1 cm³/mol. The van der Waals surface area contributed by atoms with Crippen LogP contribution in [0.3, 0.4) is 0 Å². The average Bonchev–Trinajstić information content (AvgIpc) is 3.10. The highest BCUT2D eigenvalue weighted by Crippen LogP contribution is 2.40. The summed E-state index contributed by atoms with van der Waals surface area (Å²) in [4.78, 5) is 11.2. The summed E-state index contributed by atoms with van der Waals surface area (Å²) in [5.41, 5.74) is 1.13. The van der Waals surface area contributed by atoms with Crippen molar-refractivity contribution >= 4 is 5.91 Å². The summed E-state index contributed by atoms with van der Waals surface area (Å²) < 4.78 is 0. The molecule has 1 aromatic rings. The Hall–Kier alpha value is -1.35. The van der Waals surface area contributed by atoms with Crippen LogP contribution in [0.4, 0.5) is 0 Å². The Labute approximate surface area is 89.1 Å². The Morgan fingerprint density at radius 2 is 2.07 bits per heavy atom. The number of nitrogens with one attached hydrogen (secondary N) is 1. The van der Waals surface area contributed by atoms with E-state index in [-0.39, 0.29) is 11.9 Å². The SMILES string of the molecule is O=C(CO)NC(c1ccccc1)C1CC1. The van der Waals surface area contributed by atoms with Crippen LogP contribution in [-0.2, 0) is 4.79 Å². The summed E-state index contributed by atoms with van der Waals surface area (Å²) in [5, 5.41) is 11.6. The van der Waals surface area contributed by atoms with Crippen molar-refractivity contribution in [2.45, 2.75) is 18.9 Å². The molecule has 0 aromatic heterocycles. The van der Waals surface area contributed by atoms with Crippen LogP contribution in [0.2, 0.25) is 0 Å². The highest BCUT2D eigenvalue weighted by Gasteiger charge is 2.32. The van der Waals surface area contributed by atoms with Gasteiger partial charge in [0.25, 0.3) is 0 Å². The largest absolute Gasteiger partial charge is 0.387 e. The molecule has 0 heterocycles. The van der Waals surface area contributed by atoms with Gasteiger partial charge in [-0.25, -0.2) is 0 Å². The van der Waals surface area contributed by atoms with Crippen LogP contribution in [0.5, 0.6) is 0 Å². The van der Waals surface area contributed by atoms with E-state index in [4.69, 9.17) is 5.11 Å². The first-order chi connectivity index (χ1) is 7.31. The zero-order valence-electron chi connectivity index (χ0n) is 8.52. The van der Waals surface area contributed by atoms with Crippen molar-refractivity contribution in [2.75, 3.05) is 6.61 Å². The molecule has 1 fully saturated rings. The molecular formula is C12H15NO2. The lowest BCUT2D eigenvalue weighted by Gasteiger charge is -2.17. The Bertz CT molecular complexity index is 333. The molecule has 0 bridgehead atoms. The Balaban J connectivity index is 2.10. The van der Waals surface area contributed by atoms with Crippen LogP contribution in [0.25, 0.3) is 0 Å². The third kappa shape index (κ3) is 2.57. The van der Waals surface area contributed by atoms with E-state index in [1.54, 1.807) is 0 Å². The zero-order valence-corrected chi connectivity index (χ0v) is 8.52. The number of hydrogen-bond acceptors (Lipinski definition) is 2. The van der Waals surface area contributed by atoms with Crippen LogP contribution in [0, 0.1) is 5.92 Å². The first-order valence-corrected chi connectivity index (χ1v) is 5.26. The summed E-state index contributed by atoms with van der Waals surface area (Å²) >= 11 is 0. The summed E-state index contributed by atoms with van der Waals surface area (Å²) in [6.45, 7) is -0.434. The molecule has 3 heteroatoms. The average molecular weight is 205 g/mol. The number of hydrogen-bond donors (Lipinski definition) is 2. The second kappa shape index (κ2) is 4.45. The fraction of sp³-hybridized carbons (Fsp3) is 0.417. The molecule has 3 nitrogen and oxygen atoms in total. The van der Waals surface area contributed by atoms with E-state index in [2.05, 4.69) is 5.32 Å². The van der Waals surface area contributed by atoms with Crippen LogP contribution in [0.1, 0.15) is 24.4 Å². The third-order valence-electron chi connectivity index (χ3n) is 2.71. The molecule has 0 aliphatic heterocycles. The molecule has 15 heavy (non-hydrogen) atoms. The summed E-state index contributed by atoms with van der Waals surface area (Å²) in [6.07, 6.45) is 2.32. The molecular weight excluding hydrogens is 190 g/mol. The topological polar surface area (TPSA) is 49.3 Å². The molecule has 0 radical (unpaired) electrons. The second-order valence-electron chi connectivity index (χ2n) is 3.95. The molecule has 1 aromatic carbocycles. The number of benzene rings is 1. The van der Waals surface area contributed by atoms with Gasteiger partial charge in [-0.3, -0.25) is 4.79 Å². The van der Waals surface area contributed by atoms with Crippen LogP contribution in [-0.4, -0.2) is 17.6 Å². The van der Waals surface area contributed by atoms with E-state index in [0.717, 1.165) is 18.4 Å². The fourth-order valence-electron chi connectivity index (χ4n) is 1.78. The third-order valence-corrected chi connectivity index (χ3v) is 2.71. The van der Waals surface area contributed by atoms with Crippen molar-refractivity contribution in [2.24, 2.45) is 5.92 Å². The van der Waals surface area contributed by atoms with E-state index in [1.807, 2.05) is 30.3 Å². The first-order valence-electron chi connectivity index (χ1n) is 5.26. The molecule has 1 aliphatic rings. The van der Waals surface area contributed by atoms with Gasteiger partial charge in [-0.15, -0.1) is 0 Å². The van der Waals surface area contributed by atoms with Gasteiger partial charge in [0.15, 0.2) is 0 Å². The van der Waals surface area contributed by atoms with Gasteiger partial charge in [-0.2, -0.15) is 0 Å². The summed E-state index contributed by atoms with van der Waals surface area (Å²) in [7, 11) is 0. The van der Waals surface area contributed by atoms with Gasteiger partial charge in [-0.1, -0.05) is 30.3 Å². The second-order valence-corrected chi connectivity index (χ2v) is 3.95. The molecule has 2 N–H and O–H groups in total. The number of rotatable bonds is 4. The van der Waals surface area contributed by atoms with Crippen LogP contribution >= 0.6 is 0 Å². The number of carbonyl (C=O) groups is 1. The van der Waals surface area contributed by atoms with Crippen molar-refractivity contribution < 1.29 is 9.90 Å². The van der Waals surface area contributed by atoms with E-state index >= 15 is 0 Å². The standard InChI is InChI=1S/C12H15NO2/c14-8-11(15)13-12(10-6-7-10)9-4-2-1-3-5-9/h1-5,10,12,14H,6-8H2,(H,13,15). The molecule has 1 unspecified atom stereocenters. The lowest BCUT2D eigenvalue weighted by molar-refractivity contribution is -0.124. The van der Waals surface area contributed by atoms with Gasteiger partial charge in [0, 0.05) is 0 Å². The van der Waals surface area contributed by atoms with Crippen molar-refractivity contribution in [3.05, 3.63) is 35.9 Å². The molecule has 80 valence electrons. The van der Waals surface area contributed by atoms with E-state index in [9.17, 15) is 4.79 Å². The number of aliphatic hydroxyl groups excluding tert-OH is 1. The zero-order chi connectivity index (χ0) is 10.7. The Morgan fingerprint density at radius 3 is 2.60 bits per heavy atom. The van der Waals surface area contributed by atoms with E-state index in [0.29, 0.717) is 5.92 Å². The maximum atomic E-state index is 11.2. The summed E-state index contributed by atoms with van der Waals surface area (Å²) in [5.74, 6) is 0.249. The fourth-order valence-corrected chi connectivity index (χ4v) is 1.78. The maximum absolute atomic E-state index is 11.2. The first kappa shape index (κ1) is 10.2. The minimum atomic E-state index is -0.434. The number of aliphatic hydroxyl groups is 1. The molecule has 2 rings (SSSR count). The van der Waals surface area contributed by atoms with Gasteiger partial charge in [-0.05, 0) is 24.3 Å². The van der Waals surface area contributed by atoms with Gasteiger partial charge in [0.05, 0.1) is 6.04 Å². The van der Waals surface area contributed by atoms with Crippen molar-refractivity contribution in [3.63, 3.8) is 0 Å². The quantitative estimate of drug-likeness (QED) is 0.777. The monoisotopic (exact) mass is 205 g/mol. The number of amides is 1. The predicted octanol–water partition coefficient (Wildman–Crippen LogP) is 1.25. The Kier molecular flexibility index (Phi) is 3.02. The molecule has 1 atom stereocenters. The highest BCUT2D eigenvalue weighted by molar-refractivity contribution is 5.77. The molecule has 1 aliphatic carbocycles. The van der Waals surface area contributed by atoms with Gasteiger partial charge >= 0.3 is 0 Å². The Morgan fingerprint density at radius 1 is 1.40 bits per heavy atom. The summed E-state index contributed by atoms with van der Waals surface area (Å²) in [6, 6.07) is 10.00. The smallest absolute Gasteiger partial charge is 0.246 e.